The molecule has 1 nitrogen and oxygen atoms in total. The van der Waals surface area contributed by atoms with Crippen LogP contribution < -0.4 is 5.32 Å². The van der Waals surface area contributed by atoms with Crippen LogP contribution >= 0.6 is 15.9 Å². The summed E-state index contributed by atoms with van der Waals surface area (Å²) >= 11 is 3.24. The van der Waals surface area contributed by atoms with Crippen molar-refractivity contribution in [1.29, 1.82) is 0 Å². The molecule has 1 unspecified atom stereocenters. The highest BCUT2D eigenvalue weighted by molar-refractivity contribution is 9.10. The molecule has 1 N–H and O–H groups in total. The number of benzene rings is 2. The fourth-order valence-electron chi connectivity index (χ4n) is 3.06. The molecule has 0 bridgehead atoms. The Kier molecular flexibility index (Phi) is 4.29. The molecule has 2 aromatic carbocycles. The Bertz CT molecular complexity index is 654. The van der Waals surface area contributed by atoms with Crippen LogP contribution in [0.25, 0.3) is 0 Å². The molecule has 0 aromatic heterocycles. The molecule has 0 spiro atoms. The zero-order valence-corrected chi connectivity index (χ0v) is 13.7. The van der Waals surface area contributed by atoms with Crippen molar-refractivity contribution in [2.75, 3.05) is 5.32 Å². The Hall–Kier alpha value is -1.35. The summed E-state index contributed by atoms with van der Waals surface area (Å²) in [7, 11) is 0. The second-order valence-corrected chi connectivity index (χ2v) is 6.58. The van der Waals surface area contributed by atoms with Gasteiger partial charge in [-0.15, -0.1) is 0 Å². The predicted octanol–water partition coefficient (Wildman–Crippen LogP) is 5.78. The van der Waals surface area contributed by atoms with Crippen LogP contribution in [0.4, 0.5) is 10.1 Å². The van der Waals surface area contributed by atoms with Crippen molar-refractivity contribution in [1.82, 2.24) is 0 Å². The van der Waals surface area contributed by atoms with Gasteiger partial charge in [0.05, 0.1) is 10.5 Å². The van der Waals surface area contributed by atoms with Gasteiger partial charge in [0.15, 0.2) is 0 Å². The van der Waals surface area contributed by atoms with Crippen LogP contribution in [0.2, 0.25) is 0 Å². The Morgan fingerprint density at radius 2 is 2.00 bits per heavy atom. The maximum absolute atomic E-state index is 13.8. The maximum Gasteiger partial charge on any atom is 0.139 e. The van der Waals surface area contributed by atoms with Crippen LogP contribution in [0.3, 0.4) is 0 Å². The van der Waals surface area contributed by atoms with Crippen molar-refractivity contribution < 1.29 is 4.39 Å². The monoisotopic (exact) mass is 347 g/mol. The highest BCUT2D eigenvalue weighted by Crippen LogP contribution is 2.33. The fourth-order valence-corrected chi connectivity index (χ4v) is 3.52. The SMILES string of the molecule is Cc1cc(Br)c(F)cc1NC1CCCCc2ccccc21. The number of hydrogen-bond donors (Lipinski definition) is 1. The van der Waals surface area contributed by atoms with Gasteiger partial charge in [0.2, 0.25) is 0 Å². The lowest BCUT2D eigenvalue weighted by Gasteiger charge is -2.22. The van der Waals surface area contributed by atoms with Gasteiger partial charge in [0, 0.05) is 5.69 Å². The van der Waals surface area contributed by atoms with Crippen LogP contribution in [0.15, 0.2) is 40.9 Å². The topological polar surface area (TPSA) is 12.0 Å². The first-order valence-electron chi connectivity index (χ1n) is 7.45. The molecule has 1 aliphatic rings. The summed E-state index contributed by atoms with van der Waals surface area (Å²) in [4.78, 5) is 0. The zero-order chi connectivity index (χ0) is 14.8. The predicted molar refractivity (Wildman–Crippen MR) is 89.2 cm³/mol. The molecule has 0 aliphatic heterocycles. The van der Waals surface area contributed by atoms with Gasteiger partial charge in [0.1, 0.15) is 5.82 Å². The summed E-state index contributed by atoms with van der Waals surface area (Å²) in [5.74, 6) is -0.218. The van der Waals surface area contributed by atoms with E-state index in [0.29, 0.717) is 4.47 Å². The molecule has 0 radical (unpaired) electrons. The maximum atomic E-state index is 13.8. The molecule has 3 heteroatoms. The Morgan fingerprint density at radius 3 is 2.86 bits per heavy atom. The number of hydrogen-bond acceptors (Lipinski definition) is 1. The van der Waals surface area contributed by atoms with E-state index in [9.17, 15) is 4.39 Å². The minimum Gasteiger partial charge on any atom is -0.378 e. The van der Waals surface area contributed by atoms with E-state index < -0.39 is 0 Å². The Labute approximate surface area is 133 Å². The van der Waals surface area contributed by atoms with Gasteiger partial charge in [-0.3, -0.25) is 0 Å². The lowest BCUT2D eigenvalue weighted by molar-refractivity contribution is 0.617. The van der Waals surface area contributed by atoms with Gasteiger partial charge in [0.25, 0.3) is 0 Å². The second kappa shape index (κ2) is 6.18. The van der Waals surface area contributed by atoms with Gasteiger partial charge < -0.3 is 5.32 Å². The van der Waals surface area contributed by atoms with Gasteiger partial charge in [-0.05, 0) is 70.9 Å². The Morgan fingerprint density at radius 1 is 1.19 bits per heavy atom. The number of fused-ring (bicyclic) bond motifs is 1. The van der Waals surface area contributed by atoms with Crippen molar-refractivity contribution >= 4 is 21.6 Å². The largest absolute Gasteiger partial charge is 0.378 e. The molecule has 3 rings (SSSR count). The third-order valence-corrected chi connectivity index (χ3v) is 4.82. The molecule has 2 aromatic rings. The average molecular weight is 348 g/mol. The van der Waals surface area contributed by atoms with Crippen molar-refractivity contribution in [3.8, 4) is 0 Å². The van der Waals surface area contributed by atoms with E-state index in [-0.39, 0.29) is 11.9 Å². The van der Waals surface area contributed by atoms with E-state index in [1.807, 2.05) is 13.0 Å². The normalized spacial score (nSPS) is 18.0. The summed E-state index contributed by atoms with van der Waals surface area (Å²) in [6.45, 7) is 2.01. The molecule has 0 saturated carbocycles. The number of nitrogens with one attached hydrogen (secondary N) is 1. The molecule has 0 heterocycles. The highest BCUT2D eigenvalue weighted by Gasteiger charge is 2.19. The molecule has 0 saturated heterocycles. The lowest BCUT2D eigenvalue weighted by Crippen LogP contribution is -2.12. The van der Waals surface area contributed by atoms with Crippen molar-refractivity contribution in [3.05, 3.63) is 63.4 Å². The molecule has 0 fully saturated rings. The summed E-state index contributed by atoms with van der Waals surface area (Å²) in [6, 6.07) is 12.3. The van der Waals surface area contributed by atoms with E-state index >= 15 is 0 Å². The molecule has 110 valence electrons. The molecular formula is C18H19BrFN. The van der Waals surface area contributed by atoms with Crippen LogP contribution in [0.5, 0.6) is 0 Å². The van der Waals surface area contributed by atoms with E-state index in [4.69, 9.17) is 0 Å². The summed E-state index contributed by atoms with van der Waals surface area (Å²) in [6.07, 6.45) is 4.66. The third-order valence-electron chi connectivity index (χ3n) is 4.22. The van der Waals surface area contributed by atoms with Crippen LogP contribution in [0.1, 0.15) is 42.0 Å². The quantitative estimate of drug-likeness (QED) is 0.679. The number of rotatable bonds is 2. The van der Waals surface area contributed by atoms with Gasteiger partial charge in [-0.2, -0.15) is 0 Å². The summed E-state index contributed by atoms with van der Waals surface area (Å²) in [5.41, 5.74) is 4.72. The van der Waals surface area contributed by atoms with Crippen LogP contribution in [-0.2, 0) is 6.42 Å². The minimum absolute atomic E-state index is 0.218. The number of aryl methyl sites for hydroxylation is 2. The molecule has 21 heavy (non-hydrogen) atoms. The number of halogens is 2. The molecule has 1 aliphatic carbocycles. The summed E-state index contributed by atoms with van der Waals surface area (Å²) < 4.78 is 14.3. The lowest BCUT2D eigenvalue weighted by atomic mass is 9.98. The fraction of sp³-hybridized carbons (Fsp3) is 0.333. The standard InChI is InChI=1S/C18H19BrFN/c1-12-10-15(19)16(20)11-18(12)21-17-9-5-3-7-13-6-2-4-8-14(13)17/h2,4,6,8,10-11,17,21H,3,5,7,9H2,1H3. The molecular weight excluding hydrogens is 329 g/mol. The minimum atomic E-state index is -0.218. The first-order valence-corrected chi connectivity index (χ1v) is 8.24. The zero-order valence-electron chi connectivity index (χ0n) is 12.1. The van der Waals surface area contributed by atoms with E-state index in [1.54, 1.807) is 6.07 Å². The van der Waals surface area contributed by atoms with Crippen LogP contribution in [-0.4, -0.2) is 0 Å². The van der Waals surface area contributed by atoms with E-state index in [1.165, 1.54) is 24.0 Å². The van der Waals surface area contributed by atoms with Gasteiger partial charge in [-0.25, -0.2) is 4.39 Å². The van der Waals surface area contributed by atoms with Crippen LogP contribution in [0, 0.1) is 12.7 Å². The first-order chi connectivity index (χ1) is 10.1. The van der Waals surface area contributed by atoms with E-state index in [2.05, 4.69) is 45.5 Å². The van der Waals surface area contributed by atoms with Gasteiger partial charge in [-0.1, -0.05) is 30.7 Å². The van der Waals surface area contributed by atoms with Gasteiger partial charge >= 0.3 is 0 Å². The second-order valence-electron chi connectivity index (χ2n) is 5.72. The highest BCUT2D eigenvalue weighted by atomic mass is 79.9. The third kappa shape index (κ3) is 3.13. The molecule has 1 atom stereocenters. The molecule has 0 amide bonds. The first kappa shape index (κ1) is 14.6. The van der Waals surface area contributed by atoms with Crippen molar-refractivity contribution in [2.45, 2.75) is 38.6 Å². The van der Waals surface area contributed by atoms with Crippen molar-refractivity contribution in [3.63, 3.8) is 0 Å². The Balaban J connectivity index is 1.93. The average Bonchev–Trinajstić information content (AvgIpc) is 2.67. The smallest absolute Gasteiger partial charge is 0.139 e. The van der Waals surface area contributed by atoms with Crippen molar-refractivity contribution in [2.24, 2.45) is 0 Å². The summed E-state index contributed by atoms with van der Waals surface area (Å²) in [5, 5.41) is 3.55. The number of anilines is 1. The van der Waals surface area contributed by atoms with E-state index in [0.717, 1.165) is 24.1 Å².